The quantitative estimate of drug-likeness (QED) is 0.714. The van der Waals surface area contributed by atoms with Crippen molar-refractivity contribution >= 4 is 5.97 Å². The summed E-state index contributed by atoms with van der Waals surface area (Å²) in [6, 6.07) is 9.82. The highest BCUT2D eigenvalue weighted by Crippen LogP contribution is 2.23. The molecule has 0 amide bonds. The van der Waals surface area contributed by atoms with Gasteiger partial charge < -0.3 is 5.11 Å². The van der Waals surface area contributed by atoms with Crippen molar-refractivity contribution < 1.29 is 9.90 Å². The average molecular weight is 220 g/mol. The molecule has 16 heavy (non-hydrogen) atoms. The van der Waals surface area contributed by atoms with E-state index in [9.17, 15) is 4.79 Å². The van der Waals surface area contributed by atoms with Gasteiger partial charge >= 0.3 is 5.97 Å². The van der Waals surface area contributed by atoms with Crippen LogP contribution < -0.4 is 10.9 Å². The van der Waals surface area contributed by atoms with Gasteiger partial charge in [0.05, 0.1) is 0 Å². The van der Waals surface area contributed by atoms with Crippen molar-refractivity contribution in [3.05, 3.63) is 35.9 Å². The second-order valence-corrected chi connectivity index (χ2v) is 4.22. The minimum Gasteiger partial charge on any atom is -0.480 e. The monoisotopic (exact) mass is 220 g/mol. The van der Waals surface area contributed by atoms with Gasteiger partial charge in [0.1, 0.15) is 6.04 Å². The minimum atomic E-state index is -0.796. The number of aliphatic carboxylic acids is 1. The summed E-state index contributed by atoms with van der Waals surface area (Å²) in [4.78, 5) is 10.8. The first-order valence-corrected chi connectivity index (χ1v) is 5.47. The number of hydrogen-bond acceptors (Lipinski definition) is 3. The molecule has 86 valence electrons. The first-order valence-electron chi connectivity index (χ1n) is 5.47. The van der Waals surface area contributed by atoms with E-state index < -0.39 is 12.0 Å². The van der Waals surface area contributed by atoms with E-state index in [0.29, 0.717) is 12.3 Å². The Hall–Kier alpha value is -1.39. The van der Waals surface area contributed by atoms with E-state index >= 15 is 0 Å². The fourth-order valence-electron chi connectivity index (χ4n) is 2.06. The third kappa shape index (κ3) is 2.23. The molecule has 2 rings (SSSR count). The van der Waals surface area contributed by atoms with Crippen molar-refractivity contribution in [1.29, 1.82) is 0 Å². The number of carboxylic acids is 1. The van der Waals surface area contributed by atoms with Gasteiger partial charge in [-0.05, 0) is 17.9 Å². The van der Waals surface area contributed by atoms with Gasteiger partial charge in [-0.25, -0.2) is 5.43 Å². The SMILES string of the molecule is CC(c1ccccc1)C1CC(C(=O)O)NN1. The molecule has 1 aromatic carbocycles. The number of hydrogen-bond donors (Lipinski definition) is 3. The largest absolute Gasteiger partial charge is 0.480 e. The molecule has 0 aromatic heterocycles. The van der Waals surface area contributed by atoms with Gasteiger partial charge in [0.2, 0.25) is 0 Å². The van der Waals surface area contributed by atoms with Crippen LogP contribution in [0.5, 0.6) is 0 Å². The Labute approximate surface area is 94.6 Å². The lowest BCUT2D eigenvalue weighted by Crippen LogP contribution is -2.38. The van der Waals surface area contributed by atoms with Crippen molar-refractivity contribution in [1.82, 2.24) is 10.9 Å². The highest BCUT2D eigenvalue weighted by atomic mass is 16.4. The van der Waals surface area contributed by atoms with Crippen LogP contribution in [-0.4, -0.2) is 23.2 Å². The van der Waals surface area contributed by atoms with Gasteiger partial charge in [-0.3, -0.25) is 10.2 Å². The molecule has 0 bridgehead atoms. The van der Waals surface area contributed by atoms with Gasteiger partial charge in [0.15, 0.2) is 0 Å². The second kappa shape index (κ2) is 4.63. The number of carboxylic acid groups (broad SMARTS) is 1. The van der Waals surface area contributed by atoms with E-state index in [2.05, 4.69) is 29.9 Å². The Morgan fingerprint density at radius 1 is 1.38 bits per heavy atom. The molecule has 1 fully saturated rings. The molecule has 3 atom stereocenters. The van der Waals surface area contributed by atoms with Crippen LogP contribution in [-0.2, 0) is 4.79 Å². The lowest BCUT2D eigenvalue weighted by atomic mass is 9.91. The normalized spacial score (nSPS) is 26.6. The minimum absolute atomic E-state index is 0.170. The van der Waals surface area contributed by atoms with E-state index in [4.69, 9.17) is 5.11 Å². The number of carbonyl (C=O) groups is 1. The first-order chi connectivity index (χ1) is 7.68. The van der Waals surface area contributed by atoms with E-state index in [1.54, 1.807) is 0 Å². The molecule has 0 radical (unpaired) electrons. The summed E-state index contributed by atoms with van der Waals surface area (Å²) in [6.45, 7) is 2.11. The van der Waals surface area contributed by atoms with E-state index in [1.807, 2.05) is 18.2 Å². The first kappa shape index (κ1) is 11.1. The van der Waals surface area contributed by atoms with E-state index in [0.717, 1.165) is 0 Å². The van der Waals surface area contributed by atoms with Crippen LogP contribution in [0.4, 0.5) is 0 Å². The van der Waals surface area contributed by atoms with Gasteiger partial charge in [0, 0.05) is 6.04 Å². The average Bonchev–Trinajstić information content (AvgIpc) is 2.78. The maximum absolute atomic E-state index is 10.8. The summed E-state index contributed by atoms with van der Waals surface area (Å²) in [7, 11) is 0. The van der Waals surface area contributed by atoms with Crippen molar-refractivity contribution in [3.8, 4) is 0 Å². The van der Waals surface area contributed by atoms with E-state index in [1.165, 1.54) is 5.56 Å². The zero-order chi connectivity index (χ0) is 11.5. The summed E-state index contributed by atoms with van der Waals surface area (Å²) in [5.41, 5.74) is 7.09. The number of nitrogens with one attached hydrogen (secondary N) is 2. The summed E-state index contributed by atoms with van der Waals surface area (Å²) in [6.07, 6.45) is 0.616. The molecule has 1 saturated heterocycles. The fourth-order valence-corrected chi connectivity index (χ4v) is 2.06. The van der Waals surface area contributed by atoms with Crippen LogP contribution in [0.3, 0.4) is 0 Å². The van der Waals surface area contributed by atoms with Crippen LogP contribution >= 0.6 is 0 Å². The molecule has 0 aliphatic carbocycles. The van der Waals surface area contributed by atoms with Crippen molar-refractivity contribution in [2.24, 2.45) is 0 Å². The highest BCUT2D eigenvalue weighted by Gasteiger charge is 2.32. The zero-order valence-corrected chi connectivity index (χ0v) is 9.18. The maximum Gasteiger partial charge on any atom is 0.322 e. The Morgan fingerprint density at radius 3 is 2.62 bits per heavy atom. The smallest absolute Gasteiger partial charge is 0.322 e. The topological polar surface area (TPSA) is 61.4 Å². The Morgan fingerprint density at radius 2 is 2.06 bits per heavy atom. The van der Waals surface area contributed by atoms with Crippen LogP contribution in [0.25, 0.3) is 0 Å². The molecule has 1 aliphatic rings. The molecule has 4 nitrogen and oxygen atoms in total. The molecule has 0 saturated carbocycles. The van der Waals surface area contributed by atoms with Crippen LogP contribution in [0.1, 0.15) is 24.8 Å². The molecule has 1 aromatic rings. The molecule has 4 heteroatoms. The lowest BCUT2D eigenvalue weighted by molar-refractivity contribution is -0.139. The van der Waals surface area contributed by atoms with Crippen molar-refractivity contribution in [3.63, 3.8) is 0 Å². The van der Waals surface area contributed by atoms with E-state index in [-0.39, 0.29) is 6.04 Å². The molecule has 3 unspecified atom stereocenters. The van der Waals surface area contributed by atoms with Crippen LogP contribution in [0.15, 0.2) is 30.3 Å². The molecular weight excluding hydrogens is 204 g/mol. The van der Waals surface area contributed by atoms with Gasteiger partial charge in [-0.15, -0.1) is 0 Å². The predicted octanol–water partition coefficient (Wildman–Crippen LogP) is 1.11. The molecule has 3 N–H and O–H groups in total. The lowest BCUT2D eigenvalue weighted by Gasteiger charge is -2.18. The Bertz CT molecular complexity index is 367. The molecule has 0 spiro atoms. The third-order valence-electron chi connectivity index (χ3n) is 3.16. The van der Waals surface area contributed by atoms with Crippen LogP contribution in [0, 0.1) is 0 Å². The van der Waals surface area contributed by atoms with Gasteiger partial charge in [-0.2, -0.15) is 0 Å². The number of rotatable bonds is 3. The molecule has 1 heterocycles. The van der Waals surface area contributed by atoms with Gasteiger partial charge in [-0.1, -0.05) is 37.3 Å². The molecular formula is C12H16N2O2. The summed E-state index contributed by atoms with van der Waals surface area (Å²) in [5.74, 6) is -0.492. The second-order valence-electron chi connectivity index (χ2n) is 4.22. The number of hydrazine groups is 1. The van der Waals surface area contributed by atoms with Crippen molar-refractivity contribution in [2.45, 2.75) is 31.3 Å². The Balaban J connectivity index is 2.02. The molecule has 1 aliphatic heterocycles. The van der Waals surface area contributed by atoms with Crippen molar-refractivity contribution in [2.75, 3.05) is 0 Å². The van der Waals surface area contributed by atoms with Gasteiger partial charge in [0.25, 0.3) is 0 Å². The predicted molar refractivity (Wildman–Crippen MR) is 61.0 cm³/mol. The summed E-state index contributed by atoms with van der Waals surface area (Å²) in [5, 5.41) is 8.88. The fraction of sp³-hybridized carbons (Fsp3) is 0.417. The summed E-state index contributed by atoms with van der Waals surface area (Å²) >= 11 is 0. The third-order valence-corrected chi connectivity index (χ3v) is 3.16. The zero-order valence-electron chi connectivity index (χ0n) is 9.18. The van der Waals surface area contributed by atoms with Crippen LogP contribution in [0.2, 0.25) is 0 Å². The highest BCUT2D eigenvalue weighted by molar-refractivity contribution is 5.73. The number of benzene rings is 1. The summed E-state index contributed by atoms with van der Waals surface area (Å²) < 4.78 is 0. The maximum atomic E-state index is 10.8. The Kier molecular flexibility index (Phi) is 3.22. The standard InChI is InChI=1S/C12H16N2O2/c1-8(9-5-3-2-4-6-9)10-7-11(12(15)16)14-13-10/h2-6,8,10-11,13-14H,7H2,1H3,(H,15,16).